The van der Waals surface area contributed by atoms with Gasteiger partial charge >= 0.3 is 0 Å². The van der Waals surface area contributed by atoms with Crippen LogP contribution < -0.4 is 5.73 Å². The molecule has 1 aromatic heterocycles. The molecular formula is C17H25N3. The van der Waals surface area contributed by atoms with Crippen molar-refractivity contribution in [3.05, 3.63) is 23.3 Å². The maximum Gasteiger partial charge on any atom is 0.115 e. The molecule has 0 radical (unpaired) electrons. The van der Waals surface area contributed by atoms with Crippen LogP contribution in [0.2, 0.25) is 0 Å². The van der Waals surface area contributed by atoms with Crippen LogP contribution in [0.15, 0.2) is 6.33 Å². The molecule has 1 heterocycles. The van der Waals surface area contributed by atoms with Crippen molar-refractivity contribution in [2.45, 2.75) is 57.3 Å². The van der Waals surface area contributed by atoms with E-state index in [2.05, 4.69) is 11.9 Å². The average Bonchev–Trinajstić information content (AvgIpc) is 2.39. The predicted molar refractivity (Wildman–Crippen MR) is 79.4 cm³/mol. The fraction of sp³-hybridized carbons (Fsp3) is 0.765. The van der Waals surface area contributed by atoms with Gasteiger partial charge in [-0.2, -0.15) is 0 Å². The number of aromatic nitrogens is 2. The quantitative estimate of drug-likeness (QED) is 0.919. The van der Waals surface area contributed by atoms with Gasteiger partial charge in [-0.25, -0.2) is 9.97 Å². The zero-order valence-electron chi connectivity index (χ0n) is 12.4. The molecule has 4 aliphatic carbocycles. The molecule has 0 aromatic carbocycles. The molecule has 0 aliphatic heterocycles. The second-order valence-electron chi connectivity index (χ2n) is 7.52. The van der Waals surface area contributed by atoms with E-state index in [1.54, 1.807) is 6.33 Å². The van der Waals surface area contributed by atoms with E-state index in [0.717, 1.165) is 29.9 Å². The Morgan fingerprint density at radius 2 is 1.70 bits per heavy atom. The minimum Gasteiger partial charge on any atom is -0.330 e. The summed E-state index contributed by atoms with van der Waals surface area (Å²) in [5, 5.41) is 0. The summed E-state index contributed by atoms with van der Waals surface area (Å²) in [5.41, 5.74) is 10.1. The van der Waals surface area contributed by atoms with E-state index >= 15 is 0 Å². The first-order valence-corrected chi connectivity index (χ1v) is 8.21. The standard InChI is InChI=1S/C17H25N3/c1-11-15(2-3-18)16(20-10-19-11)17-7-12-4-13(8-17)6-14(5-12)9-17/h10,12-14H,2-9,18H2,1H3. The third-order valence-electron chi connectivity index (χ3n) is 6.10. The van der Waals surface area contributed by atoms with Gasteiger partial charge in [0.2, 0.25) is 0 Å². The molecule has 3 heteroatoms. The third kappa shape index (κ3) is 1.82. The van der Waals surface area contributed by atoms with Crippen LogP contribution in [0.1, 0.15) is 55.5 Å². The molecule has 0 saturated heterocycles. The molecule has 5 rings (SSSR count). The lowest BCUT2D eigenvalue weighted by atomic mass is 9.48. The van der Waals surface area contributed by atoms with Crippen LogP contribution in [-0.4, -0.2) is 16.5 Å². The van der Waals surface area contributed by atoms with E-state index in [1.807, 2.05) is 0 Å². The predicted octanol–water partition coefficient (Wildman–Crippen LogP) is 2.75. The van der Waals surface area contributed by atoms with Crippen LogP contribution in [0.3, 0.4) is 0 Å². The Bertz CT molecular complexity index is 488. The summed E-state index contributed by atoms with van der Waals surface area (Å²) in [6.45, 7) is 2.82. The van der Waals surface area contributed by atoms with Crippen molar-refractivity contribution in [2.24, 2.45) is 23.5 Å². The fourth-order valence-corrected chi connectivity index (χ4v) is 5.80. The Morgan fingerprint density at radius 1 is 1.10 bits per heavy atom. The first kappa shape index (κ1) is 12.8. The Morgan fingerprint density at radius 3 is 2.25 bits per heavy atom. The lowest BCUT2D eigenvalue weighted by molar-refractivity contribution is -0.00772. The maximum atomic E-state index is 5.83. The summed E-state index contributed by atoms with van der Waals surface area (Å²) in [7, 11) is 0. The topological polar surface area (TPSA) is 51.8 Å². The smallest absolute Gasteiger partial charge is 0.115 e. The monoisotopic (exact) mass is 271 g/mol. The van der Waals surface area contributed by atoms with Crippen LogP contribution in [0.5, 0.6) is 0 Å². The zero-order valence-corrected chi connectivity index (χ0v) is 12.4. The van der Waals surface area contributed by atoms with Crippen LogP contribution in [0, 0.1) is 24.7 Å². The number of nitrogens with zero attached hydrogens (tertiary/aromatic N) is 2. The zero-order chi connectivity index (χ0) is 13.7. The second kappa shape index (κ2) is 4.52. The summed E-state index contributed by atoms with van der Waals surface area (Å²) in [4.78, 5) is 9.20. The van der Waals surface area contributed by atoms with Gasteiger partial charge in [0.25, 0.3) is 0 Å². The Hall–Kier alpha value is -0.960. The highest BCUT2D eigenvalue weighted by Crippen LogP contribution is 2.60. The first-order chi connectivity index (χ1) is 9.70. The molecule has 3 nitrogen and oxygen atoms in total. The van der Waals surface area contributed by atoms with Gasteiger partial charge in [-0.3, -0.25) is 0 Å². The van der Waals surface area contributed by atoms with E-state index in [9.17, 15) is 0 Å². The summed E-state index contributed by atoms with van der Waals surface area (Å²) in [5.74, 6) is 2.88. The lowest BCUT2D eigenvalue weighted by Gasteiger charge is -2.56. The van der Waals surface area contributed by atoms with Gasteiger partial charge in [-0.05, 0) is 81.7 Å². The molecule has 0 spiro atoms. The molecular weight excluding hydrogens is 246 g/mol. The SMILES string of the molecule is Cc1ncnc(C23CC4CC(CC(C4)C2)C3)c1CCN. The van der Waals surface area contributed by atoms with Crippen molar-refractivity contribution in [1.82, 2.24) is 9.97 Å². The fourth-order valence-electron chi connectivity index (χ4n) is 5.80. The molecule has 4 aliphatic rings. The molecule has 20 heavy (non-hydrogen) atoms. The summed E-state index contributed by atoms with van der Waals surface area (Å²) < 4.78 is 0. The van der Waals surface area contributed by atoms with Gasteiger partial charge in [0.05, 0.1) is 5.69 Å². The van der Waals surface area contributed by atoms with Crippen molar-refractivity contribution < 1.29 is 0 Å². The lowest BCUT2D eigenvalue weighted by Crippen LogP contribution is -2.49. The highest BCUT2D eigenvalue weighted by Gasteiger charge is 2.53. The molecule has 0 amide bonds. The summed E-state index contributed by atoms with van der Waals surface area (Å²) in [6.07, 6.45) is 11.3. The molecule has 1 aromatic rings. The van der Waals surface area contributed by atoms with E-state index < -0.39 is 0 Å². The minimum atomic E-state index is 0.368. The van der Waals surface area contributed by atoms with Crippen LogP contribution in [0.25, 0.3) is 0 Å². The van der Waals surface area contributed by atoms with Gasteiger partial charge < -0.3 is 5.73 Å². The van der Waals surface area contributed by atoms with Crippen LogP contribution in [0.4, 0.5) is 0 Å². The normalized spacial score (nSPS) is 38.4. The molecule has 4 bridgehead atoms. The largest absolute Gasteiger partial charge is 0.330 e. The highest BCUT2D eigenvalue weighted by atomic mass is 14.9. The Balaban J connectivity index is 1.79. The average molecular weight is 271 g/mol. The number of hydrogen-bond acceptors (Lipinski definition) is 3. The summed E-state index contributed by atoms with van der Waals surface area (Å²) >= 11 is 0. The van der Waals surface area contributed by atoms with E-state index in [0.29, 0.717) is 12.0 Å². The van der Waals surface area contributed by atoms with Crippen molar-refractivity contribution in [3.63, 3.8) is 0 Å². The molecule has 4 fully saturated rings. The molecule has 2 N–H and O–H groups in total. The molecule has 0 unspecified atom stereocenters. The van der Waals surface area contributed by atoms with Gasteiger partial charge in [0.15, 0.2) is 0 Å². The Labute approximate surface area is 121 Å². The maximum absolute atomic E-state index is 5.83. The number of rotatable bonds is 3. The number of nitrogens with two attached hydrogens (primary N) is 1. The van der Waals surface area contributed by atoms with Crippen LogP contribution >= 0.6 is 0 Å². The molecule has 0 atom stereocenters. The van der Waals surface area contributed by atoms with E-state index in [-0.39, 0.29) is 0 Å². The van der Waals surface area contributed by atoms with Crippen molar-refractivity contribution in [1.29, 1.82) is 0 Å². The van der Waals surface area contributed by atoms with Gasteiger partial charge in [-0.15, -0.1) is 0 Å². The molecule has 4 saturated carbocycles. The van der Waals surface area contributed by atoms with Crippen molar-refractivity contribution in [3.8, 4) is 0 Å². The Kier molecular flexibility index (Phi) is 2.88. The third-order valence-corrected chi connectivity index (χ3v) is 6.10. The van der Waals surface area contributed by atoms with Crippen LogP contribution in [-0.2, 0) is 11.8 Å². The van der Waals surface area contributed by atoms with Crippen molar-refractivity contribution in [2.75, 3.05) is 6.54 Å². The van der Waals surface area contributed by atoms with Gasteiger partial charge in [-0.1, -0.05) is 0 Å². The second-order valence-corrected chi connectivity index (χ2v) is 7.52. The summed E-state index contributed by atoms with van der Waals surface area (Å²) in [6, 6.07) is 0. The number of hydrogen-bond donors (Lipinski definition) is 1. The molecule has 108 valence electrons. The highest BCUT2D eigenvalue weighted by molar-refractivity contribution is 5.33. The first-order valence-electron chi connectivity index (χ1n) is 8.21. The number of aryl methyl sites for hydroxylation is 1. The van der Waals surface area contributed by atoms with E-state index in [4.69, 9.17) is 10.7 Å². The van der Waals surface area contributed by atoms with Gasteiger partial charge in [0, 0.05) is 11.1 Å². The van der Waals surface area contributed by atoms with Gasteiger partial charge in [0.1, 0.15) is 6.33 Å². The van der Waals surface area contributed by atoms with E-state index in [1.165, 1.54) is 49.8 Å². The van der Waals surface area contributed by atoms with Crippen molar-refractivity contribution >= 4 is 0 Å². The minimum absolute atomic E-state index is 0.368.